The van der Waals surface area contributed by atoms with Gasteiger partial charge in [0.2, 0.25) is 15.9 Å². The van der Waals surface area contributed by atoms with Crippen LogP contribution >= 0.6 is 0 Å². The van der Waals surface area contributed by atoms with Crippen molar-refractivity contribution in [1.29, 1.82) is 0 Å². The zero-order valence-corrected chi connectivity index (χ0v) is 26.8. The summed E-state index contributed by atoms with van der Waals surface area (Å²) in [6.07, 6.45) is 9.99. The number of nitrogens with one attached hydrogen (secondary N) is 3. The Morgan fingerprint density at radius 2 is 1.73 bits per heavy atom. The largest absolute Gasteiger partial charge is 0.444 e. The standard InChI is InChI=1S/C34H45N3O6S/c1-33(2,3)43-32(40)36-28-19-8-6-4-5-7-15-24-21-34(24,37-31(39)27-18-12-17-26(27)30(28)38)22-35-44(41,42)29-20-11-14-23-13-9-10-16-25(23)29/h7,9-11,13-16,20,24,26-28,35H,4-6,8,12,17-19,21-22H2,1-3H3,(H,36,40)(H,37,39)/b15-7-/t24-,26?,27?,28+,34+/m1/s1. The van der Waals surface area contributed by atoms with Crippen molar-refractivity contribution in [3.8, 4) is 0 Å². The second-order valence-electron chi connectivity index (χ2n) is 13.6. The minimum atomic E-state index is -3.87. The van der Waals surface area contributed by atoms with E-state index in [1.165, 1.54) is 0 Å². The van der Waals surface area contributed by atoms with Gasteiger partial charge in [-0.05, 0) is 70.7 Å². The second kappa shape index (κ2) is 13.0. The lowest BCUT2D eigenvalue weighted by atomic mass is 9.86. The van der Waals surface area contributed by atoms with E-state index in [0.29, 0.717) is 31.1 Å². The van der Waals surface area contributed by atoms with Gasteiger partial charge in [-0.15, -0.1) is 0 Å². The number of ketones is 1. The van der Waals surface area contributed by atoms with Crippen LogP contribution in [0.25, 0.3) is 10.8 Å². The Hall–Kier alpha value is -3.24. The summed E-state index contributed by atoms with van der Waals surface area (Å²) in [5.74, 6) is -1.42. The van der Waals surface area contributed by atoms with Gasteiger partial charge in [0, 0.05) is 29.7 Å². The summed E-state index contributed by atoms with van der Waals surface area (Å²) in [4.78, 5) is 40.5. The van der Waals surface area contributed by atoms with E-state index in [4.69, 9.17) is 4.74 Å². The van der Waals surface area contributed by atoms with Gasteiger partial charge < -0.3 is 15.4 Å². The van der Waals surface area contributed by atoms with Crippen molar-refractivity contribution in [2.75, 3.05) is 6.54 Å². The van der Waals surface area contributed by atoms with E-state index in [9.17, 15) is 22.8 Å². The highest BCUT2D eigenvalue weighted by atomic mass is 32.2. The molecule has 44 heavy (non-hydrogen) atoms. The lowest BCUT2D eigenvalue weighted by Gasteiger charge is -2.28. The van der Waals surface area contributed by atoms with Gasteiger partial charge in [-0.25, -0.2) is 17.9 Å². The van der Waals surface area contributed by atoms with Crippen LogP contribution < -0.4 is 15.4 Å². The molecule has 0 aromatic heterocycles. The maximum absolute atomic E-state index is 13.9. The fourth-order valence-electron chi connectivity index (χ4n) is 6.70. The highest BCUT2D eigenvalue weighted by Crippen LogP contribution is 2.46. The Morgan fingerprint density at radius 3 is 2.52 bits per heavy atom. The van der Waals surface area contributed by atoms with Gasteiger partial charge in [0.1, 0.15) is 5.60 Å². The van der Waals surface area contributed by atoms with E-state index in [0.717, 1.165) is 37.5 Å². The third kappa shape index (κ3) is 7.51. The maximum atomic E-state index is 13.9. The summed E-state index contributed by atoms with van der Waals surface area (Å²) in [6.45, 7) is 5.38. The van der Waals surface area contributed by atoms with E-state index < -0.39 is 45.1 Å². The quantitative estimate of drug-likeness (QED) is 0.383. The number of hydrogen-bond acceptors (Lipinski definition) is 6. The number of rotatable bonds is 5. The molecule has 5 atom stereocenters. The van der Waals surface area contributed by atoms with Crippen LogP contribution in [0.1, 0.15) is 78.6 Å². The molecule has 2 aliphatic carbocycles. The number of ether oxygens (including phenoxy) is 1. The van der Waals surface area contributed by atoms with Gasteiger partial charge in [0.15, 0.2) is 5.78 Å². The molecular formula is C34H45N3O6S. The first-order chi connectivity index (χ1) is 20.9. The molecule has 2 unspecified atom stereocenters. The van der Waals surface area contributed by atoms with Crippen LogP contribution in [0.2, 0.25) is 0 Å². The summed E-state index contributed by atoms with van der Waals surface area (Å²) in [5.41, 5.74) is -1.46. The number of Topliss-reactive ketones (excluding diaryl/α,β-unsaturated/α-hetero) is 1. The molecule has 2 saturated carbocycles. The van der Waals surface area contributed by atoms with Crippen LogP contribution in [0.15, 0.2) is 59.5 Å². The van der Waals surface area contributed by atoms with Gasteiger partial charge in [-0.1, -0.05) is 67.8 Å². The Kier molecular flexibility index (Phi) is 9.51. The second-order valence-corrected chi connectivity index (χ2v) is 15.3. The van der Waals surface area contributed by atoms with Gasteiger partial charge >= 0.3 is 6.09 Å². The first kappa shape index (κ1) is 32.2. The molecule has 0 saturated heterocycles. The van der Waals surface area contributed by atoms with Crippen molar-refractivity contribution in [2.45, 2.75) is 101 Å². The molecule has 3 aliphatic rings. The number of carbonyl (C=O) groups is 3. The monoisotopic (exact) mass is 623 g/mol. The molecule has 2 aromatic rings. The Balaban J connectivity index is 1.35. The fraction of sp³-hybridized carbons (Fsp3) is 0.559. The molecule has 1 heterocycles. The third-order valence-corrected chi connectivity index (χ3v) is 10.6. The average Bonchev–Trinajstić information content (AvgIpc) is 3.39. The number of alkyl carbamates (subject to hydrolysis) is 1. The molecule has 1 aliphatic heterocycles. The molecule has 2 fully saturated rings. The van der Waals surface area contributed by atoms with E-state index in [2.05, 4.69) is 27.5 Å². The third-order valence-electron chi connectivity index (χ3n) is 9.11. The van der Waals surface area contributed by atoms with Gasteiger partial charge in [0.05, 0.1) is 16.5 Å². The van der Waals surface area contributed by atoms with Crippen LogP contribution in [-0.2, 0) is 24.3 Å². The number of hydrogen-bond donors (Lipinski definition) is 3. The number of allylic oxidation sites excluding steroid dienone is 1. The number of fused-ring (bicyclic) bond motifs is 3. The lowest BCUT2D eigenvalue weighted by Crippen LogP contribution is -2.51. The average molecular weight is 624 g/mol. The van der Waals surface area contributed by atoms with Crippen LogP contribution in [0.3, 0.4) is 0 Å². The molecule has 2 amide bonds. The van der Waals surface area contributed by atoms with Crippen molar-refractivity contribution in [3.63, 3.8) is 0 Å². The predicted octanol–water partition coefficient (Wildman–Crippen LogP) is 5.39. The van der Waals surface area contributed by atoms with E-state index >= 15 is 0 Å². The Bertz CT molecular complexity index is 1530. The highest BCUT2D eigenvalue weighted by molar-refractivity contribution is 7.89. The topological polar surface area (TPSA) is 131 Å². The van der Waals surface area contributed by atoms with Crippen LogP contribution in [0.4, 0.5) is 4.79 Å². The maximum Gasteiger partial charge on any atom is 0.408 e. The van der Waals surface area contributed by atoms with Crippen molar-refractivity contribution >= 4 is 38.6 Å². The zero-order valence-electron chi connectivity index (χ0n) is 25.9. The van der Waals surface area contributed by atoms with Crippen molar-refractivity contribution in [2.24, 2.45) is 17.8 Å². The molecular weight excluding hydrogens is 578 g/mol. The number of sulfonamides is 1. The SMILES string of the molecule is CC(C)(C)OC(=O)N[C@H]1CCCCC/C=C\[C@@H]2C[C@@]2(CNS(=O)(=O)c2cccc3ccccc23)NC(=O)C2CCCC2C1=O. The molecule has 0 spiro atoms. The number of benzene rings is 2. The number of amides is 2. The van der Waals surface area contributed by atoms with E-state index in [1.54, 1.807) is 39.0 Å². The smallest absolute Gasteiger partial charge is 0.408 e. The van der Waals surface area contributed by atoms with Crippen molar-refractivity contribution in [3.05, 3.63) is 54.6 Å². The normalized spacial score (nSPS) is 29.0. The van der Waals surface area contributed by atoms with Gasteiger partial charge in [0.25, 0.3) is 0 Å². The van der Waals surface area contributed by atoms with E-state index in [1.807, 2.05) is 24.3 Å². The van der Waals surface area contributed by atoms with Crippen LogP contribution in [0.5, 0.6) is 0 Å². The summed E-state index contributed by atoms with van der Waals surface area (Å²) < 4.78 is 35.3. The first-order valence-corrected chi connectivity index (χ1v) is 17.4. The van der Waals surface area contributed by atoms with Crippen LogP contribution in [0, 0.1) is 17.8 Å². The minimum Gasteiger partial charge on any atom is -0.444 e. The van der Waals surface area contributed by atoms with Gasteiger partial charge in [-0.3, -0.25) is 9.59 Å². The molecule has 9 nitrogen and oxygen atoms in total. The predicted molar refractivity (Wildman–Crippen MR) is 169 cm³/mol. The molecule has 2 aromatic carbocycles. The molecule has 3 N–H and O–H groups in total. The van der Waals surface area contributed by atoms with Crippen molar-refractivity contribution in [1.82, 2.24) is 15.4 Å². The summed E-state index contributed by atoms with van der Waals surface area (Å²) in [6, 6.07) is 11.8. The minimum absolute atomic E-state index is 0.0102. The fourth-order valence-corrected chi connectivity index (χ4v) is 8.04. The van der Waals surface area contributed by atoms with Crippen molar-refractivity contribution < 1.29 is 27.5 Å². The number of carbonyl (C=O) groups excluding carboxylic acids is 3. The Labute approximate surface area is 260 Å². The van der Waals surface area contributed by atoms with Crippen LogP contribution in [-0.4, -0.2) is 49.9 Å². The Morgan fingerprint density at radius 1 is 0.977 bits per heavy atom. The molecule has 5 rings (SSSR count). The summed E-state index contributed by atoms with van der Waals surface area (Å²) >= 11 is 0. The van der Waals surface area contributed by atoms with E-state index in [-0.39, 0.29) is 29.0 Å². The molecule has 238 valence electrons. The highest BCUT2D eigenvalue weighted by Gasteiger charge is 2.55. The first-order valence-electron chi connectivity index (χ1n) is 15.9. The lowest BCUT2D eigenvalue weighted by molar-refractivity contribution is -0.134. The summed E-state index contributed by atoms with van der Waals surface area (Å²) in [7, 11) is -3.87. The zero-order chi connectivity index (χ0) is 31.5. The molecule has 0 radical (unpaired) electrons. The molecule has 10 heteroatoms. The van der Waals surface area contributed by atoms with Gasteiger partial charge in [-0.2, -0.15) is 0 Å². The molecule has 0 bridgehead atoms. The summed E-state index contributed by atoms with van der Waals surface area (Å²) in [5, 5.41) is 7.47.